The molecule has 2 rings (SSSR count). The molecule has 0 bridgehead atoms. The predicted molar refractivity (Wildman–Crippen MR) is 113 cm³/mol. The van der Waals surface area contributed by atoms with Crippen molar-refractivity contribution >= 4 is 29.6 Å². The first kappa shape index (κ1) is 24.4. The molecule has 0 aliphatic carbocycles. The number of nitrogens with one attached hydrogen (secondary N) is 1. The minimum atomic E-state index is -5.68. The maximum atomic E-state index is 13.9. The summed E-state index contributed by atoms with van der Waals surface area (Å²) in [6, 6.07) is 12.8. The molecule has 0 aliphatic heterocycles. The van der Waals surface area contributed by atoms with Crippen LogP contribution in [-0.2, 0) is 23.2 Å². The molecule has 0 aliphatic rings. The molecule has 0 fully saturated rings. The van der Waals surface area contributed by atoms with E-state index >= 15 is 0 Å². The van der Waals surface area contributed by atoms with Crippen molar-refractivity contribution < 1.29 is 27.9 Å². The van der Waals surface area contributed by atoms with Crippen molar-refractivity contribution in [3.8, 4) is 0 Å². The SMILES string of the molecule is NN(Cc1ccc(C(F)(F)P(=O)(O)O)c(Br)c1)C(=O)NCCCCc1ccccc1. The summed E-state index contributed by atoms with van der Waals surface area (Å²) in [6.45, 7) is 0.368. The molecule has 5 N–H and O–H groups in total. The number of hydrogen-bond acceptors (Lipinski definition) is 3. The van der Waals surface area contributed by atoms with Crippen molar-refractivity contribution in [2.45, 2.75) is 31.5 Å². The van der Waals surface area contributed by atoms with E-state index in [0.29, 0.717) is 12.1 Å². The van der Waals surface area contributed by atoms with Crippen LogP contribution in [0.5, 0.6) is 0 Å². The Morgan fingerprint density at radius 3 is 2.40 bits per heavy atom. The zero-order chi connectivity index (χ0) is 22.4. The van der Waals surface area contributed by atoms with E-state index in [1.165, 1.54) is 17.7 Å². The molecule has 2 aromatic carbocycles. The lowest BCUT2D eigenvalue weighted by Crippen LogP contribution is -2.44. The van der Waals surface area contributed by atoms with Crippen molar-refractivity contribution in [3.05, 3.63) is 69.7 Å². The number of benzene rings is 2. The average molecular weight is 506 g/mol. The van der Waals surface area contributed by atoms with Crippen LogP contribution in [0.1, 0.15) is 29.5 Å². The Balaban J connectivity index is 1.83. The highest BCUT2D eigenvalue weighted by atomic mass is 79.9. The third-order valence-electron chi connectivity index (χ3n) is 4.35. The molecular weight excluding hydrogens is 483 g/mol. The van der Waals surface area contributed by atoms with Crippen molar-refractivity contribution in [1.82, 2.24) is 10.3 Å². The van der Waals surface area contributed by atoms with Crippen LogP contribution >= 0.6 is 23.5 Å². The van der Waals surface area contributed by atoms with Gasteiger partial charge in [0, 0.05) is 16.6 Å². The van der Waals surface area contributed by atoms with Gasteiger partial charge in [0.25, 0.3) is 0 Å². The van der Waals surface area contributed by atoms with Crippen LogP contribution in [0.25, 0.3) is 0 Å². The molecule has 0 aromatic heterocycles. The Hall–Kier alpha value is -1.84. The van der Waals surface area contributed by atoms with E-state index in [9.17, 15) is 18.1 Å². The third kappa shape index (κ3) is 6.58. The second kappa shape index (κ2) is 10.5. The van der Waals surface area contributed by atoms with Crippen molar-refractivity contribution in [1.29, 1.82) is 0 Å². The summed E-state index contributed by atoms with van der Waals surface area (Å²) in [7, 11) is -5.68. The third-order valence-corrected chi connectivity index (χ3v) is 5.98. The fourth-order valence-electron chi connectivity index (χ4n) is 2.72. The molecule has 30 heavy (non-hydrogen) atoms. The van der Waals surface area contributed by atoms with E-state index in [0.717, 1.165) is 30.3 Å². The smallest absolute Gasteiger partial charge is 0.337 e. The number of nitrogens with two attached hydrogens (primary N) is 1. The maximum absolute atomic E-state index is 13.9. The highest BCUT2D eigenvalue weighted by Crippen LogP contribution is 2.60. The Morgan fingerprint density at radius 2 is 1.80 bits per heavy atom. The van der Waals surface area contributed by atoms with Gasteiger partial charge in [0.1, 0.15) is 0 Å². The van der Waals surface area contributed by atoms with E-state index in [1.54, 1.807) is 0 Å². The lowest BCUT2D eigenvalue weighted by molar-refractivity contribution is 0.0557. The zero-order valence-electron chi connectivity index (χ0n) is 16.0. The number of hydrazine groups is 1. The van der Waals surface area contributed by atoms with Crippen molar-refractivity contribution in [3.63, 3.8) is 0 Å². The molecule has 0 spiro atoms. The van der Waals surface area contributed by atoms with Crippen LogP contribution in [0.4, 0.5) is 13.6 Å². The van der Waals surface area contributed by atoms with Crippen molar-refractivity contribution in [2.75, 3.05) is 6.54 Å². The van der Waals surface area contributed by atoms with E-state index in [1.807, 2.05) is 30.3 Å². The van der Waals surface area contributed by atoms with Crippen molar-refractivity contribution in [2.24, 2.45) is 5.84 Å². The lowest BCUT2D eigenvalue weighted by Gasteiger charge is -2.21. The van der Waals surface area contributed by atoms with E-state index in [2.05, 4.69) is 21.2 Å². The monoisotopic (exact) mass is 505 g/mol. The second-order valence-corrected chi connectivity index (χ2v) is 9.21. The van der Waals surface area contributed by atoms with Crippen LogP contribution in [0, 0.1) is 0 Å². The van der Waals surface area contributed by atoms with E-state index in [4.69, 9.17) is 15.6 Å². The average Bonchev–Trinajstić information content (AvgIpc) is 2.67. The first-order chi connectivity index (χ1) is 14.0. The number of hydrogen-bond donors (Lipinski definition) is 4. The van der Waals surface area contributed by atoms with Gasteiger partial charge >= 0.3 is 19.3 Å². The second-order valence-electron chi connectivity index (χ2n) is 6.70. The number of urea groups is 1. The lowest BCUT2D eigenvalue weighted by atomic mass is 10.1. The van der Waals surface area contributed by atoms with Gasteiger partial charge < -0.3 is 15.1 Å². The van der Waals surface area contributed by atoms with Crippen LogP contribution in [0.15, 0.2) is 53.0 Å². The molecular formula is C19H23BrF2N3O4P. The first-order valence-electron chi connectivity index (χ1n) is 9.08. The van der Waals surface area contributed by atoms with Gasteiger partial charge in [-0.3, -0.25) is 9.57 Å². The first-order valence-corrected chi connectivity index (χ1v) is 11.5. The normalized spacial score (nSPS) is 11.9. The summed E-state index contributed by atoms with van der Waals surface area (Å²) < 4.78 is 38.6. The van der Waals surface area contributed by atoms with E-state index in [-0.39, 0.29) is 11.0 Å². The maximum Gasteiger partial charge on any atom is 0.399 e. The number of alkyl halides is 2. The summed E-state index contributed by atoms with van der Waals surface area (Å²) in [5.74, 6) is 5.73. The fraction of sp³-hybridized carbons (Fsp3) is 0.316. The summed E-state index contributed by atoms with van der Waals surface area (Å²) in [5, 5.41) is 3.59. The Morgan fingerprint density at radius 1 is 1.13 bits per heavy atom. The number of halogens is 3. The molecule has 0 heterocycles. The van der Waals surface area contributed by atoms with Crippen LogP contribution in [0.3, 0.4) is 0 Å². The minimum absolute atomic E-state index is 0.0732. The van der Waals surface area contributed by atoms with Gasteiger partial charge in [-0.2, -0.15) is 8.78 Å². The molecule has 7 nitrogen and oxygen atoms in total. The molecule has 11 heteroatoms. The molecule has 0 unspecified atom stereocenters. The summed E-state index contributed by atoms with van der Waals surface area (Å²) >= 11 is 2.90. The number of carbonyl (C=O) groups is 1. The quantitative estimate of drug-likeness (QED) is 0.135. The van der Waals surface area contributed by atoms with Gasteiger partial charge in [0.2, 0.25) is 0 Å². The highest BCUT2D eigenvalue weighted by Gasteiger charge is 2.51. The van der Waals surface area contributed by atoms with Crippen LogP contribution in [0.2, 0.25) is 0 Å². The summed E-state index contributed by atoms with van der Waals surface area (Å²) in [5.41, 5.74) is -3.54. The molecule has 2 aromatic rings. The number of carbonyl (C=O) groups excluding carboxylic acids is 1. The number of nitrogens with zero attached hydrogens (tertiary/aromatic N) is 1. The number of aryl methyl sites for hydroxylation is 1. The Labute approximate surface area is 181 Å². The van der Waals surface area contributed by atoms with Gasteiger partial charge in [-0.25, -0.2) is 10.6 Å². The number of unbranched alkanes of at least 4 members (excludes halogenated alkanes) is 1. The molecule has 0 radical (unpaired) electrons. The number of amides is 2. The van der Waals surface area contributed by atoms with E-state index < -0.39 is 24.9 Å². The van der Waals surface area contributed by atoms with Gasteiger partial charge in [0.15, 0.2) is 0 Å². The summed E-state index contributed by atoms with van der Waals surface area (Å²) in [6.07, 6.45) is 2.58. The Bertz CT molecular complexity index is 912. The topological polar surface area (TPSA) is 116 Å². The molecule has 164 valence electrons. The minimum Gasteiger partial charge on any atom is -0.337 e. The van der Waals surface area contributed by atoms with Gasteiger partial charge in [0.05, 0.1) is 6.54 Å². The van der Waals surface area contributed by atoms with Gasteiger partial charge in [-0.05, 0) is 36.5 Å². The summed E-state index contributed by atoms with van der Waals surface area (Å²) in [4.78, 5) is 29.8. The molecule has 0 saturated carbocycles. The number of rotatable bonds is 9. The van der Waals surface area contributed by atoms with Crippen LogP contribution < -0.4 is 11.2 Å². The predicted octanol–water partition coefficient (Wildman–Crippen LogP) is 4.08. The highest BCUT2D eigenvalue weighted by molar-refractivity contribution is 9.10. The zero-order valence-corrected chi connectivity index (χ0v) is 18.5. The van der Waals surface area contributed by atoms with Gasteiger partial charge in [-0.15, -0.1) is 0 Å². The molecule has 0 saturated heterocycles. The van der Waals surface area contributed by atoms with Crippen LogP contribution in [-0.4, -0.2) is 27.4 Å². The molecule has 0 atom stereocenters. The molecule has 2 amide bonds. The largest absolute Gasteiger partial charge is 0.399 e. The standard InChI is InChI=1S/C19H23BrF2N3O4P/c20-17-12-15(9-10-16(17)19(21,22)30(27,28)29)13-25(23)18(26)24-11-5-4-8-14-6-2-1-3-7-14/h1-3,6-7,9-10,12H,4-5,8,11,13,23H2,(H,24,26)(H2,27,28,29). The van der Waals surface area contributed by atoms with Gasteiger partial charge in [-0.1, -0.05) is 58.4 Å². The Kier molecular flexibility index (Phi) is 8.52. The fourth-order valence-corrected chi connectivity index (χ4v) is 4.06.